The molecule has 5 nitrogen and oxygen atoms in total. The summed E-state index contributed by atoms with van der Waals surface area (Å²) in [5.41, 5.74) is 1.34. The number of hydrogen-bond acceptors (Lipinski definition) is 5. The topological polar surface area (TPSA) is 57.1 Å². The highest BCUT2D eigenvalue weighted by Gasteiger charge is 2.10. The zero-order valence-corrected chi connectivity index (χ0v) is 10.1. The highest BCUT2D eigenvalue weighted by Crippen LogP contribution is 2.31. The molecule has 1 aromatic carbocycles. The molecule has 0 atom stereocenters. The quantitative estimate of drug-likeness (QED) is 0.837. The van der Waals surface area contributed by atoms with Gasteiger partial charge >= 0.3 is 0 Å². The van der Waals surface area contributed by atoms with Gasteiger partial charge in [-0.15, -0.1) is 5.10 Å². The molecule has 0 aliphatic rings. The lowest BCUT2D eigenvalue weighted by Crippen LogP contribution is -1.94. The lowest BCUT2D eigenvalue weighted by Gasteiger charge is -2.09. The summed E-state index contributed by atoms with van der Waals surface area (Å²) in [6.07, 6.45) is 1.52. The normalized spacial score (nSPS) is 10.1. The van der Waals surface area contributed by atoms with Crippen molar-refractivity contribution in [3.8, 4) is 22.8 Å². The molecule has 6 heteroatoms. The second-order valence-electron chi connectivity index (χ2n) is 3.18. The van der Waals surface area contributed by atoms with E-state index < -0.39 is 0 Å². The first kappa shape index (κ1) is 11.6. The highest BCUT2D eigenvalue weighted by atomic mass is 35.5. The first-order valence-electron chi connectivity index (χ1n) is 4.82. The van der Waals surface area contributed by atoms with E-state index in [1.54, 1.807) is 32.4 Å². The molecule has 0 saturated heterocycles. The highest BCUT2D eigenvalue weighted by molar-refractivity contribution is 6.28. The number of nitrogens with zero attached hydrogens (tertiary/aromatic N) is 3. The van der Waals surface area contributed by atoms with Gasteiger partial charge in [0.15, 0.2) is 0 Å². The van der Waals surface area contributed by atoms with Crippen molar-refractivity contribution in [1.82, 2.24) is 15.2 Å². The number of halogens is 1. The van der Waals surface area contributed by atoms with E-state index in [1.807, 2.05) is 0 Å². The van der Waals surface area contributed by atoms with Crippen LogP contribution in [0.15, 0.2) is 24.4 Å². The summed E-state index contributed by atoms with van der Waals surface area (Å²) in [5.74, 6) is 1.37. The molecular weight excluding hydrogens is 242 g/mol. The van der Waals surface area contributed by atoms with Gasteiger partial charge in [0.1, 0.15) is 11.5 Å². The lowest BCUT2D eigenvalue weighted by atomic mass is 10.1. The van der Waals surface area contributed by atoms with Gasteiger partial charge in [0.25, 0.3) is 0 Å². The largest absolute Gasteiger partial charge is 0.497 e. The standard InChI is InChI=1S/C11H10ClN3O2/c1-16-7-3-4-10(17-2)8(5-7)9-6-13-15-11(12)14-9/h3-6H,1-2H3. The number of aromatic nitrogens is 3. The molecule has 1 aromatic heterocycles. The van der Waals surface area contributed by atoms with Gasteiger partial charge in [-0.25, -0.2) is 4.98 Å². The summed E-state index contributed by atoms with van der Waals surface area (Å²) in [4.78, 5) is 4.08. The molecule has 2 rings (SSSR count). The van der Waals surface area contributed by atoms with E-state index in [1.165, 1.54) is 6.20 Å². The van der Waals surface area contributed by atoms with Crippen molar-refractivity contribution in [2.75, 3.05) is 14.2 Å². The van der Waals surface area contributed by atoms with Crippen molar-refractivity contribution in [2.24, 2.45) is 0 Å². The van der Waals surface area contributed by atoms with Crippen LogP contribution >= 0.6 is 11.6 Å². The van der Waals surface area contributed by atoms with Gasteiger partial charge in [-0.2, -0.15) is 5.10 Å². The predicted octanol–water partition coefficient (Wildman–Crippen LogP) is 2.21. The van der Waals surface area contributed by atoms with Gasteiger partial charge in [-0.1, -0.05) is 0 Å². The van der Waals surface area contributed by atoms with Gasteiger partial charge in [0.2, 0.25) is 5.28 Å². The van der Waals surface area contributed by atoms with Crippen molar-refractivity contribution < 1.29 is 9.47 Å². The summed E-state index contributed by atoms with van der Waals surface area (Å²) in [5, 5.41) is 7.44. The molecule has 0 saturated carbocycles. The van der Waals surface area contributed by atoms with Crippen LogP contribution in [0.1, 0.15) is 0 Å². The summed E-state index contributed by atoms with van der Waals surface area (Å²) >= 11 is 5.71. The third-order valence-corrected chi connectivity index (χ3v) is 2.38. The molecule has 17 heavy (non-hydrogen) atoms. The van der Waals surface area contributed by atoms with E-state index >= 15 is 0 Å². The average Bonchev–Trinajstić information content (AvgIpc) is 2.38. The molecule has 0 amide bonds. The molecule has 1 heterocycles. The van der Waals surface area contributed by atoms with Gasteiger partial charge in [0, 0.05) is 5.56 Å². The maximum atomic E-state index is 5.71. The van der Waals surface area contributed by atoms with Crippen LogP contribution in [-0.2, 0) is 0 Å². The fraction of sp³-hybridized carbons (Fsp3) is 0.182. The summed E-state index contributed by atoms with van der Waals surface area (Å²) in [6, 6.07) is 5.40. The minimum atomic E-state index is 0.0902. The first-order valence-corrected chi connectivity index (χ1v) is 5.20. The summed E-state index contributed by atoms with van der Waals surface area (Å²) in [7, 11) is 3.18. The zero-order valence-electron chi connectivity index (χ0n) is 9.35. The van der Waals surface area contributed by atoms with Crippen molar-refractivity contribution >= 4 is 11.6 Å². The molecular formula is C11H10ClN3O2. The smallest absolute Gasteiger partial charge is 0.243 e. The van der Waals surface area contributed by atoms with Crippen LogP contribution in [0, 0.1) is 0 Å². The van der Waals surface area contributed by atoms with Crippen molar-refractivity contribution in [1.29, 1.82) is 0 Å². The molecule has 0 fully saturated rings. The Labute approximate surface area is 103 Å². The van der Waals surface area contributed by atoms with E-state index in [-0.39, 0.29) is 5.28 Å². The molecule has 0 unspecified atom stereocenters. The number of rotatable bonds is 3. The summed E-state index contributed by atoms with van der Waals surface area (Å²) < 4.78 is 10.4. The molecule has 0 spiro atoms. The second-order valence-corrected chi connectivity index (χ2v) is 3.51. The minimum Gasteiger partial charge on any atom is -0.497 e. The van der Waals surface area contributed by atoms with Gasteiger partial charge in [0.05, 0.1) is 26.1 Å². The average molecular weight is 252 g/mol. The van der Waals surface area contributed by atoms with Crippen LogP contribution in [0.4, 0.5) is 0 Å². The SMILES string of the molecule is COc1ccc(OC)c(-c2cnnc(Cl)n2)c1. The first-order chi connectivity index (χ1) is 8.24. The van der Waals surface area contributed by atoms with E-state index in [0.717, 1.165) is 5.56 Å². The Kier molecular flexibility index (Phi) is 3.39. The maximum Gasteiger partial charge on any atom is 0.243 e. The van der Waals surface area contributed by atoms with E-state index in [0.29, 0.717) is 17.2 Å². The number of methoxy groups -OCH3 is 2. The fourth-order valence-corrected chi connectivity index (χ4v) is 1.56. The van der Waals surface area contributed by atoms with Crippen LogP contribution in [0.5, 0.6) is 11.5 Å². The van der Waals surface area contributed by atoms with Crippen molar-refractivity contribution in [3.63, 3.8) is 0 Å². The second kappa shape index (κ2) is 4.97. The fourth-order valence-electron chi connectivity index (χ4n) is 1.43. The Morgan fingerprint density at radius 1 is 1.18 bits per heavy atom. The van der Waals surface area contributed by atoms with Crippen molar-refractivity contribution in [3.05, 3.63) is 29.7 Å². The van der Waals surface area contributed by atoms with Crippen LogP contribution in [0.25, 0.3) is 11.3 Å². The number of benzene rings is 1. The molecule has 0 radical (unpaired) electrons. The third kappa shape index (κ3) is 2.45. The van der Waals surface area contributed by atoms with Gasteiger partial charge in [-0.3, -0.25) is 0 Å². The number of ether oxygens (including phenoxy) is 2. The molecule has 0 aliphatic carbocycles. The lowest BCUT2D eigenvalue weighted by molar-refractivity contribution is 0.404. The monoisotopic (exact) mass is 251 g/mol. The van der Waals surface area contributed by atoms with Crippen LogP contribution in [0.2, 0.25) is 5.28 Å². The van der Waals surface area contributed by atoms with Gasteiger partial charge in [-0.05, 0) is 29.8 Å². The van der Waals surface area contributed by atoms with E-state index in [4.69, 9.17) is 21.1 Å². The van der Waals surface area contributed by atoms with Crippen LogP contribution in [0.3, 0.4) is 0 Å². The van der Waals surface area contributed by atoms with Crippen molar-refractivity contribution in [2.45, 2.75) is 0 Å². The Morgan fingerprint density at radius 2 is 2.00 bits per heavy atom. The van der Waals surface area contributed by atoms with E-state index in [9.17, 15) is 0 Å². The van der Waals surface area contributed by atoms with Crippen LogP contribution < -0.4 is 9.47 Å². The van der Waals surface area contributed by atoms with Gasteiger partial charge < -0.3 is 9.47 Å². The summed E-state index contributed by atoms with van der Waals surface area (Å²) in [6.45, 7) is 0. The molecule has 2 aromatic rings. The third-order valence-electron chi connectivity index (χ3n) is 2.22. The Hall–Kier alpha value is -1.88. The zero-order chi connectivity index (χ0) is 12.3. The molecule has 0 N–H and O–H groups in total. The molecule has 88 valence electrons. The Bertz CT molecular complexity index is 534. The Morgan fingerprint density at radius 3 is 2.65 bits per heavy atom. The van der Waals surface area contributed by atoms with E-state index in [2.05, 4.69) is 15.2 Å². The number of hydrogen-bond donors (Lipinski definition) is 0. The molecule has 0 aliphatic heterocycles. The maximum absolute atomic E-state index is 5.71. The Balaban J connectivity index is 2.56. The van der Waals surface area contributed by atoms with Crippen LogP contribution in [-0.4, -0.2) is 29.4 Å². The molecule has 0 bridgehead atoms. The minimum absolute atomic E-state index is 0.0902. The predicted molar refractivity (Wildman–Crippen MR) is 63.4 cm³/mol.